The van der Waals surface area contributed by atoms with Crippen LogP contribution in [-0.4, -0.2) is 29.1 Å². The second-order valence-electron chi connectivity index (χ2n) is 6.72. The Kier molecular flexibility index (Phi) is 3.33. The average molecular weight is 273 g/mol. The lowest BCUT2D eigenvalue weighted by Gasteiger charge is -2.23. The predicted octanol–water partition coefficient (Wildman–Crippen LogP) is 2.99. The van der Waals surface area contributed by atoms with E-state index in [2.05, 4.69) is 36.9 Å². The summed E-state index contributed by atoms with van der Waals surface area (Å²) in [6, 6.07) is 6.62. The van der Waals surface area contributed by atoms with Gasteiger partial charge in [0.15, 0.2) is 0 Å². The van der Waals surface area contributed by atoms with Crippen molar-refractivity contribution < 1.29 is 9.90 Å². The van der Waals surface area contributed by atoms with Crippen molar-refractivity contribution in [3.8, 4) is 0 Å². The first-order valence-electron chi connectivity index (χ1n) is 7.52. The summed E-state index contributed by atoms with van der Waals surface area (Å²) in [7, 11) is 0. The summed E-state index contributed by atoms with van der Waals surface area (Å²) >= 11 is 0. The van der Waals surface area contributed by atoms with Crippen molar-refractivity contribution in [2.24, 2.45) is 11.3 Å². The van der Waals surface area contributed by atoms with Crippen LogP contribution in [0.3, 0.4) is 0 Å². The van der Waals surface area contributed by atoms with Crippen molar-refractivity contribution in [1.29, 1.82) is 0 Å². The van der Waals surface area contributed by atoms with Gasteiger partial charge in [-0.25, -0.2) is 0 Å². The van der Waals surface area contributed by atoms with E-state index in [1.165, 1.54) is 16.7 Å². The molecule has 0 radical (unpaired) electrons. The van der Waals surface area contributed by atoms with E-state index >= 15 is 0 Å². The van der Waals surface area contributed by atoms with E-state index in [1.54, 1.807) is 0 Å². The van der Waals surface area contributed by atoms with Crippen molar-refractivity contribution in [2.45, 2.75) is 39.7 Å². The number of aliphatic carboxylic acids is 1. The van der Waals surface area contributed by atoms with Gasteiger partial charge in [0.25, 0.3) is 0 Å². The molecule has 2 aliphatic rings. The van der Waals surface area contributed by atoms with Gasteiger partial charge in [-0.1, -0.05) is 35.7 Å². The number of aryl methyl sites for hydroxylation is 2. The number of carboxylic acids is 1. The minimum atomic E-state index is -0.581. The van der Waals surface area contributed by atoms with E-state index in [0.29, 0.717) is 5.92 Å². The molecule has 1 aromatic rings. The fourth-order valence-electron chi connectivity index (χ4n) is 4.28. The Morgan fingerprint density at radius 3 is 2.65 bits per heavy atom. The summed E-state index contributed by atoms with van der Waals surface area (Å²) in [6.07, 6.45) is 3.01. The van der Waals surface area contributed by atoms with Gasteiger partial charge in [-0.15, -0.1) is 0 Å². The highest BCUT2D eigenvalue weighted by molar-refractivity contribution is 5.76. The first-order valence-corrected chi connectivity index (χ1v) is 7.52. The number of rotatable bonds is 3. The van der Waals surface area contributed by atoms with Crippen molar-refractivity contribution in [3.05, 3.63) is 34.9 Å². The molecule has 2 atom stereocenters. The van der Waals surface area contributed by atoms with Gasteiger partial charge in [0.1, 0.15) is 0 Å². The van der Waals surface area contributed by atoms with Crippen LogP contribution in [0.15, 0.2) is 18.2 Å². The average Bonchev–Trinajstić information content (AvgIpc) is 2.84. The normalized spacial score (nSPS) is 29.6. The molecular weight excluding hydrogens is 250 g/mol. The van der Waals surface area contributed by atoms with Crippen LogP contribution < -0.4 is 0 Å². The van der Waals surface area contributed by atoms with E-state index in [0.717, 1.165) is 38.9 Å². The van der Waals surface area contributed by atoms with Crippen molar-refractivity contribution in [1.82, 2.24) is 4.90 Å². The standard InChI is InChI=1S/C17H23NO2/c1-12-6-13(2)8-14(7-12)9-18-10-15-4-3-5-17(15,11-18)16(19)20/h6-8,15H,3-5,9-11H2,1-2H3,(H,19,20)/t15-,17+/m0/s1. The maximum Gasteiger partial charge on any atom is 0.311 e. The predicted molar refractivity (Wildman–Crippen MR) is 78.6 cm³/mol. The molecule has 1 saturated carbocycles. The van der Waals surface area contributed by atoms with Crippen molar-refractivity contribution >= 4 is 5.97 Å². The van der Waals surface area contributed by atoms with Gasteiger partial charge in [0.2, 0.25) is 0 Å². The molecule has 1 aliphatic heterocycles. The topological polar surface area (TPSA) is 40.5 Å². The Labute approximate surface area is 120 Å². The second kappa shape index (κ2) is 4.88. The molecule has 0 aromatic heterocycles. The Morgan fingerprint density at radius 2 is 2.05 bits per heavy atom. The molecule has 3 nitrogen and oxygen atoms in total. The van der Waals surface area contributed by atoms with Crippen LogP contribution in [0, 0.1) is 25.2 Å². The molecule has 0 bridgehead atoms. The number of carboxylic acid groups (broad SMARTS) is 1. The third-order valence-corrected chi connectivity index (χ3v) is 5.05. The Hall–Kier alpha value is -1.35. The van der Waals surface area contributed by atoms with Gasteiger partial charge in [0.05, 0.1) is 5.41 Å². The summed E-state index contributed by atoms with van der Waals surface area (Å²) in [6.45, 7) is 6.79. The lowest BCUT2D eigenvalue weighted by Crippen LogP contribution is -2.35. The fraction of sp³-hybridized carbons (Fsp3) is 0.588. The van der Waals surface area contributed by atoms with Crippen LogP contribution in [-0.2, 0) is 11.3 Å². The Bertz CT molecular complexity index is 520. The summed E-state index contributed by atoms with van der Waals surface area (Å²) < 4.78 is 0. The van der Waals surface area contributed by atoms with Gasteiger partial charge in [0, 0.05) is 19.6 Å². The summed E-state index contributed by atoms with van der Waals surface area (Å²) in [5, 5.41) is 9.62. The van der Waals surface area contributed by atoms with E-state index in [-0.39, 0.29) is 0 Å². The molecule has 1 N–H and O–H groups in total. The highest BCUT2D eigenvalue weighted by Crippen LogP contribution is 2.49. The quantitative estimate of drug-likeness (QED) is 0.920. The largest absolute Gasteiger partial charge is 0.481 e. The van der Waals surface area contributed by atoms with Gasteiger partial charge in [-0.3, -0.25) is 9.69 Å². The molecule has 0 unspecified atom stereocenters. The number of likely N-dealkylation sites (tertiary alicyclic amines) is 1. The second-order valence-corrected chi connectivity index (χ2v) is 6.72. The lowest BCUT2D eigenvalue weighted by atomic mass is 9.81. The number of fused-ring (bicyclic) bond motifs is 1. The van der Waals surface area contributed by atoms with Crippen LogP contribution in [0.1, 0.15) is 36.0 Å². The summed E-state index contributed by atoms with van der Waals surface area (Å²) in [4.78, 5) is 14.0. The highest BCUT2D eigenvalue weighted by Gasteiger charge is 2.54. The van der Waals surface area contributed by atoms with Gasteiger partial charge >= 0.3 is 5.97 Å². The maximum atomic E-state index is 11.7. The molecule has 1 aliphatic carbocycles. The molecule has 3 rings (SSSR count). The minimum Gasteiger partial charge on any atom is -0.481 e. The van der Waals surface area contributed by atoms with Crippen LogP contribution in [0.2, 0.25) is 0 Å². The maximum absolute atomic E-state index is 11.7. The molecule has 0 amide bonds. The summed E-state index contributed by atoms with van der Waals surface area (Å²) in [5.41, 5.74) is 3.42. The smallest absolute Gasteiger partial charge is 0.311 e. The molecule has 1 heterocycles. The van der Waals surface area contributed by atoms with Gasteiger partial charge in [-0.2, -0.15) is 0 Å². The van der Waals surface area contributed by atoms with E-state index in [4.69, 9.17) is 0 Å². The molecular formula is C17H23NO2. The van der Waals surface area contributed by atoms with E-state index in [9.17, 15) is 9.90 Å². The van der Waals surface area contributed by atoms with Crippen LogP contribution in [0.25, 0.3) is 0 Å². The third kappa shape index (κ3) is 2.24. The van der Waals surface area contributed by atoms with Crippen molar-refractivity contribution in [3.63, 3.8) is 0 Å². The summed E-state index contributed by atoms with van der Waals surface area (Å²) in [5.74, 6) is -0.228. The lowest BCUT2D eigenvalue weighted by molar-refractivity contribution is -0.149. The van der Waals surface area contributed by atoms with Gasteiger partial charge < -0.3 is 5.11 Å². The zero-order valence-electron chi connectivity index (χ0n) is 12.4. The zero-order chi connectivity index (χ0) is 14.3. The minimum absolute atomic E-state index is 0.353. The first kappa shape index (κ1) is 13.6. The molecule has 108 valence electrons. The SMILES string of the molecule is Cc1cc(C)cc(CN2C[C@@H]3CCC[C@@]3(C(=O)O)C2)c1. The zero-order valence-corrected chi connectivity index (χ0v) is 12.4. The third-order valence-electron chi connectivity index (χ3n) is 5.05. The van der Waals surface area contributed by atoms with Crippen LogP contribution >= 0.6 is 0 Å². The number of nitrogens with zero attached hydrogens (tertiary/aromatic N) is 1. The van der Waals surface area contributed by atoms with Crippen molar-refractivity contribution in [2.75, 3.05) is 13.1 Å². The Morgan fingerprint density at radius 1 is 1.35 bits per heavy atom. The molecule has 0 spiro atoms. The fourth-order valence-corrected chi connectivity index (χ4v) is 4.28. The molecule has 20 heavy (non-hydrogen) atoms. The number of carbonyl (C=O) groups is 1. The number of hydrogen-bond acceptors (Lipinski definition) is 2. The van der Waals surface area contributed by atoms with Crippen LogP contribution in [0.4, 0.5) is 0 Å². The number of hydrogen-bond donors (Lipinski definition) is 1. The monoisotopic (exact) mass is 273 g/mol. The molecule has 1 saturated heterocycles. The highest BCUT2D eigenvalue weighted by atomic mass is 16.4. The first-order chi connectivity index (χ1) is 9.49. The van der Waals surface area contributed by atoms with E-state index < -0.39 is 11.4 Å². The van der Waals surface area contributed by atoms with E-state index in [1.807, 2.05) is 0 Å². The number of benzene rings is 1. The molecule has 3 heteroatoms. The van der Waals surface area contributed by atoms with Gasteiger partial charge in [-0.05, 0) is 38.2 Å². The van der Waals surface area contributed by atoms with Crippen LogP contribution in [0.5, 0.6) is 0 Å². The molecule has 1 aromatic carbocycles. The Balaban J connectivity index is 1.76. The molecule has 2 fully saturated rings.